The Hall–Kier alpha value is -0.830. The molecule has 0 atom stereocenters. The Bertz CT molecular complexity index is 172. The first-order valence-electron chi connectivity index (χ1n) is 2.50. The SMILES string of the molecule is Cn1cnc(CN)c1.[HH]. The molecule has 0 aliphatic heterocycles. The molecule has 0 aromatic carbocycles. The topological polar surface area (TPSA) is 43.8 Å². The highest BCUT2D eigenvalue weighted by atomic mass is 15.0. The minimum Gasteiger partial charge on any atom is -0.340 e. The summed E-state index contributed by atoms with van der Waals surface area (Å²) in [4.78, 5) is 3.97. The van der Waals surface area contributed by atoms with Crippen LogP contribution in [0.15, 0.2) is 12.5 Å². The van der Waals surface area contributed by atoms with Gasteiger partial charge < -0.3 is 10.3 Å². The summed E-state index contributed by atoms with van der Waals surface area (Å²) in [5.74, 6) is 0. The minimum absolute atomic E-state index is 0. The molecule has 0 amide bonds. The van der Waals surface area contributed by atoms with Crippen LogP contribution in [0.5, 0.6) is 0 Å². The van der Waals surface area contributed by atoms with Crippen molar-refractivity contribution in [3.63, 3.8) is 0 Å². The van der Waals surface area contributed by atoms with Crippen molar-refractivity contribution in [1.29, 1.82) is 0 Å². The van der Waals surface area contributed by atoms with Gasteiger partial charge in [0.05, 0.1) is 12.0 Å². The predicted molar refractivity (Wildman–Crippen MR) is 33.2 cm³/mol. The minimum atomic E-state index is 0. The van der Waals surface area contributed by atoms with Crippen LogP contribution in [0.1, 0.15) is 7.12 Å². The largest absolute Gasteiger partial charge is 0.340 e. The van der Waals surface area contributed by atoms with E-state index in [1.54, 1.807) is 6.33 Å². The van der Waals surface area contributed by atoms with E-state index in [-0.39, 0.29) is 1.43 Å². The molecule has 8 heavy (non-hydrogen) atoms. The van der Waals surface area contributed by atoms with Crippen LogP contribution in [-0.4, -0.2) is 9.55 Å². The number of nitrogens with zero attached hydrogens (tertiary/aromatic N) is 2. The second-order valence-electron chi connectivity index (χ2n) is 1.73. The van der Waals surface area contributed by atoms with Gasteiger partial charge in [-0.3, -0.25) is 0 Å². The second kappa shape index (κ2) is 1.96. The lowest BCUT2D eigenvalue weighted by Crippen LogP contribution is -1.95. The summed E-state index contributed by atoms with van der Waals surface area (Å²) in [6.07, 6.45) is 3.64. The third-order valence-electron chi connectivity index (χ3n) is 0.967. The Morgan fingerprint density at radius 1 is 2.00 bits per heavy atom. The number of hydrogen-bond acceptors (Lipinski definition) is 2. The van der Waals surface area contributed by atoms with Crippen molar-refractivity contribution in [2.45, 2.75) is 6.54 Å². The maximum absolute atomic E-state index is 5.29. The molecule has 1 rings (SSSR count). The van der Waals surface area contributed by atoms with Gasteiger partial charge in [0.2, 0.25) is 0 Å². The van der Waals surface area contributed by atoms with Crippen molar-refractivity contribution >= 4 is 0 Å². The molecule has 0 aliphatic rings. The Morgan fingerprint density at radius 2 is 2.75 bits per heavy atom. The van der Waals surface area contributed by atoms with E-state index < -0.39 is 0 Å². The summed E-state index contributed by atoms with van der Waals surface area (Å²) in [5.41, 5.74) is 6.22. The van der Waals surface area contributed by atoms with Crippen LogP contribution < -0.4 is 5.73 Å². The van der Waals surface area contributed by atoms with E-state index in [1.165, 1.54) is 0 Å². The zero-order valence-electron chi connectivity index (χ0n) is 4.83. The lowest BCUT2D eigenvalue weighted by atomic mass is 10.5. The molecule has 0 spiro atoms. The Balaban J connectivity index is 0.000000640. The van der Waals surface area contributed by atoms with Crippen LogP contribution in [0, 0.1) is 0 Å². The fraction of sp³-hybridized carbons (Fsp3) is 0.400. The molecule has 0 unspecified atom stereocenters. The van der Waals surface area contributed by atoms with Crippen molar-refractivity contribution in [3.8, 4) is 0 Å². The van der Waals surface area contributed by atoms with E-state index >= 15 is 0 Å². The molecular weight excluding hydrogens is 102 g/mol. The van der Waals surface area contributed by atoms with Crippen LogP contribution in [0.4, 0.5) is 0 Å². The summed E-state index contributed by atoms with van der Waals surface area (Å²) < 4.78 is 1.88. The standard InChI is InChI=1S/C5H9N3.H2/c1-8-3-5(2-6)7-4-8;/h3-4H,2,6H2,1H3;1H. The van der Waals surface area contributed by atoms with E-state index in [1.807, 2.05) is 17.8 Å². The lowest BCUT2D eigenvalue weighted by molar-refractivity contribution is 0.911. The van der Waals surface area contributed by atoms with Crippen LogP contribution in [0.2, 0.25) is 0 Å². The summed E-state index contributed by atoms with van der Waals surface area (Å²) in [6.45, 7) is 0.529. The first-order valence-corrected chi connectivity index (χ1v) is 2.50. The van der Waals surface area contributed by atoms with Crippen molar-refractivity contribution in [2.24, 2.45) is 12.8 Å². The monoisotopic (exact) mass is 113 g/mol. The molecule has 1 aromatic heterocycles. The van der Waals surface area contributed by atoms with Gasteiger partial charge in [-0.05, 0) is 0 Å². The van der Waals surface area contributed by atoms with Gasteiger partial charge in [-0.15, -0.1) is 0 Å². The maximum Gasteiger partial charge on any atom is 0.0947 e. The Morgan fingerprint density at radius 3 is 3.00 bits per heavy atom. The zero-order valence-corrected chi connectivity index (χ0v) is 4.83. The number of aromatic nitrogens is 2. The highest BCUT2D eigenvalue weighted by Gasteiger charge is 1.88. The van der Waals surface area contributed by atoms with Crippen molar-refractivity contribution in [2.75, 3.05) is 0 Å². The summed E-state index contributed by atoms with van der Waals surface area (Å²) in [7, 11) is 1.92. The highest BCUT2D eigenvalue weighted by molar-refractivity contribution is 4.94. The van der Waals surface area contributed by atoms with Gasteiger partial charge in [0.15, 0.2) is 0 Å². The molecule has 0 radical (unpaired) electrons. The van der Waals surface area contributed by atoms with Crippen LogP contribution >= 0.6 is 0 Å². The molecule has 0 saturated carbocycles. The van der Waals surface area contributed by atoms with Crippen molar-refractivity contribution < 1.29 is 1.43 Å². The Kier molecular flexibility index (Phi) is 1.30. The molecule has 0 bridgehead atoms. The third-order valence-corrected chi connectivity index (χ3v) is 0.967. The molecule has 46 valence electrons. The molecule has 0 saturated heterocycles. The quantitative estimate of drug-likeness (QED) is 0.562. The van der Waals surface area contributed by atoms with Gasteiger partial charge in [-0.1, -0.05) is 0 Å². The Labute approximate surface area is 49.6 Å². The van der Waals surface area contributed by atoms with Gasteiger partial charge in [0.1, 0.15) is 0 Å². The van der Waals surface area contributed by atoms with E-state index in [2.05, 4.69) is 4.98 Å². The maximum atomic E-state index is 5.29. The number of nitrogens with two attached hydrogens (primary N) is 1. The molecule has 1 aromatic rings. The number of aryl methyl sites for hydroxylation is 1. The highest BCUT2D eigenvalue weighted by Crippen LogP contribution is 1.89. The van der Waals surface area contributed by atoms with E-state index in [0.29, 0.717) is 6.54 Å². The smallest absolute Gasteiger partial charge is 0.0947 e. The number of imidazole rings is 1. The average Bonchev–Trinajstić information content (AvgIpc) is 2.14. The summed E-state index contributed by atoms with van der Waals surface area (Å²) >= 11 is 0. The fourth-order valence-electron chi connectivity index (χ4n) is 0.572. The molecule has 2 N–H and O–H groups in total. The molecular formula is C5H11N3. The normalized spacial score (nSPS) is 9.75. The van der Waals surface area contributed by atoms with Gasteiger partial charge in [0.25, 0.3) is 0 Å². The molecule has 3 nitrogen and oxygen atoms in total. The van der Waals surface area contributed by atoms with Crippen LogP contribution in [0.3, 0.4) is 0 Å². The zero-order chi connectivity index (χ0) is 5.98. The van der Waals surface area contributed by atoms with E-state index in [4.69, 9.17) is 5.73 Å². The van der Waals surface area contributed by atoms with E-state index in [0.717, 1.165) is 5.69 Å². The number of hydrogen-bond donors (Lipinski definition) is 1. The third kappa shape index (κ3) is 0.869. The van der Waals surface area contributed by atoms with Crippen molar-refractivity contribution in [1.82, 2.24) is 9.55 Å². The second-order valence-corrected chi connectivity index (χ2v) is 1.73. The van der Waals surface area contributed by atoms with Gasteiger partial charge >= 0.3 is 0 Å². The predicted octanol–water partition coefficient (Wildman–Crippen LogP) is 0.125. The summed E-state index contributed by atoms with van der Waals surface area (Å²) in [5, 5.41) is 0. The van der Waals surface area contributed by atoms with E-state index in [9.17, 15) is 0 Å². The molecule has 1 heterocycles. The van der Waals surface area contributed by atoms with Gasteiger partial charge in [0, 0.05) is 21.2 Å². The average molecular weight is 113 g/mol. The molecule has 0 fully saturated rings. The molecule has 3 heteroatoms. The first kappa shape index (κ1) is 5.31. The number of rotatable bonds is 1. The van der Waals surface area contributed by atoms with Crippen LogP contribution in [-0.2, 0) is 13.6 Å². The summed E-state index contributed by atoms with van der Waals surface area (Å²) in [6, 6.07) is 0. The first-order chi connectivity index (χ1) is 3.83. The van der Waals surface area contributed by atoms with Crippen molar-refractivity contribution in [3.05, 3.63) is 18.2 Å². The lowest BCUT2D eigenvalue weighted by Gasteiger charge is -1.82. The fourth-order valence-corrected chi connectivity index (χ4v) is 0.572. The van der Waals surface area contributed by atoms with Gasteiger partial charge in [-0.2, -0.15) is 0 Å². The molecule has 0 aliphatic carbocycles. The van der Waals surface area contributed by atoms with Crippen LogP contribution in [0.25, 0.3) is 0 Å². The van der Waals surface area contributed by atoms with Gasteiger partial charge in [-0.25, -0.2) is 4.98 Å².